The first-order chi connectivity index (χ1) is 15.2. The van der Waals surface area contributed by atoms with Crippen molar-refractivity contribution in [2.75, 3.05) is 7.11 Å². The van der Waals surface area contributed by atoms with Gasteiger partial charge in [-0.05, 0) is 48.6 Å². The molecule has 3 aromatic carbocycles. The van der Waals surface area contributed by atoms with Crippen LogP contribution in [0.25, 0.3) is 0 Å². The molecule has 0 aromatic heterocycles. The van der Waals surface area contributed by atoms with E-state index in [9.17, 15) is 4.57 Å². The van der Waals surface area contributed by atoms with E-state index in [1.807, 2.05) is 78.9 Å². The fourth-order valence-electron chi connectivity index (χ4n) is 4.57. The highest BCUT2D eigenvalue weighted by molar-refractivity contribution is 7.76. The fraction of sp³-hybridized carbons (Fsp3) is 0.333. The Bertz CT molecular complexity index is 978. The van der Waals surface area contributed by atoms with Crippen molar-refractivity contribution < 1.29 is 9.30 Å². The topological polar surface area (TPSA) is 38.3 Å². The Hall–Kier alpha value is -2.35. The van der Waals surface area contributed by atoms with Crippen molar-refractivity contribution in [3.05, 3.63) is 90.5 Å². The van der Waals surface area contributed by atoms with Gasteiger partial charge in [0.15, 0.2) is 0 Å². The van der Waals surface area contributed by atoms with Gasteiger partial charge in [0.1, 0.15) is 5.75 Å². The number of nitrogens with one attached hydrogen (secondary N) is 1. The van der Waals surface area contributed by atoms with Gasteiger partial charge in [-0.1, -0.05) is 80.8 Å². The van der Waals surface area contributed by atoms with Crippen molar-refractivity contribution in [3.8, 4) is 5.75 Å². The third kappa shape index (κ3) is 4.79. The Kier molecular flexibility index (Phi) is 6.95. The quantitative estimate of drug-likeness (QED) is 0.394. The molecule has 1 aliphatic carbocycles. The van der Waals surface area contributed by atoms with Crippen molar-refractivity contribution in [1.82, 2.24) is 5.09 Å². The van der Waals surface area contributed by atoms with E-state index in [2.05, 4.69) is 18.1 Å². The fourth-order valence-corrected chi connectivity index (χ4v) is 7.07. The number of methoxy groups -OCH3 is 1. The van der Waals surface area contributed by atoms with Crippen LogP contribution in [0.3, 0.4) is 0 Å². The van der Waals surface area contributed by atoms with Crippen molar-refractivity contribution in [3.63, 3.8) is 0 Å². The number of unbranched alkanes of at least 4 members (excludes halogenated alkanes) is 1. The minimum atomic E-state index is -3.05. The largest absolute Gasteiger partial charge is 0.496 e. The molecule has 0 radical (unpaired) electrons. The summed E-state index contributed by atoms with van der Waals surface area (Å²) >= 11 is 0. The summed E-state index contributed by atoms with van der Waals surface area (Å²) in [4.78, 5) is 0. The lowest BCUT2D eigenvalue weighted by atomic mass is 9.99. The highest BCUT2D eigenvalue weighted by atomic mass is 31.2. The average molecular weight is 434 g/mol. The number of hydrogen-bond donors (Lipinski definition) is 1. The van der Waals surface area contributed by atoms with Gasteiger partial charge in [0.25, 0.3) is 0 Å². The highest BCUT2D eigenvalue weighted by Gasteiger charge is 2.46. The molecule has 0 amide bonds. The molecule has 0 bridgehead atoms. The first-order valence-electron chi connectivity index (χ1n) is 11.3. The molecule has 4 rings (SSSR count). The van der Waals surface area contributed by atoms with Gasteiger partial charge in [-0.15, -0.1) is 0 Å². The van der Waals surface area contributed by atoms with Gasteiger partial charge in [-0.2, -0.15) is 0 Å². The van der Waals surface area contributed by atoms with E-state index in [-0.39, 0.29) is 6.04 Å². The predicted octanol–water partition coefficient (Wildman–Crippen LogP) is 6.08. The molecule has 162 valence electrons. The number of hydrogen-bond acceptors (Lipinski definition) is 2. The maximum atomic E-state index is 14.7. The van der Waals surface area contributed by atoms with Gasteiger partial charge < -0.3 is 4.74 Å². The summed E-state index contributed by atoms with van der Waals surface area (Å²) in [7, 11) is -1.33. The summed E-state index contributed by atoms with van der Waals surface area (Å²) in [6.07, 6.45) is 4.85. The summed E-state index contributed by atoms with van der Waals surface area (Å²) in [6.45, 7) is 2.24. The van der Waals surface area contributed by atoms with Gasteiger partial charge >= 0.3 is 0 Å². The van der Waals surface area contributed by atoms with Gasteiger partial charge in [0.2, 0.25) is 7.29 Å². The molecule has 1 aliphatic rings. The van der Waals surface area contributed by atoms with E-state index >= 15 is 0 Å². The maximum Gasteiger partial charge on any atom is 0.205 e. The summed E-state index contributed by atoms with van der Waals surface area (Å²) in [5.41, 5.74) is 1.10. The maximum absolute atomic E-state index is 14.7. The van der Waals surface area contributed by atoms with Crippen LogP contribution in [0, 0.1) is 11.8 Å². The number of ether oxygens (including phenoxy) is 1. The zero-order valence-corrected chi connectivity index (χ0v) is 19.3. The summed E-state index contributed by atoms with van der Waals surface area (Å²) in [5, 5.41) is 5.38. The van der Waals surface area contributed by atoms with Crippen LogP contribution in [0.2, 0.25) is 0 Å². The van der Waals surface area contributed by atoms with Gasteiger partial charge in [0.05, 0.1) is 7.11 Å². The predicted molar refractivity (Wildman–Crippen MR) is 130 cm³/mol. The molecule has 1 fully saturated rings. The minimum absolute atomic E-state index is 0.0238. The van der Waals surface area contributed by atoms with Crippen LogP contribution in [-0.2, 0) is 4.57 Å². The van der Waals surface area contributed by atoms with Crippen LogP contribution in [0.15, 0.2) is 84.9 Å². The molecule has 1 saturated carbocycles. The van der Waals surface area contributed by atoms with E-state index in [0.29, 0.717) is 11.8 Å². The van der Waals surface area contributed by atoms with Crippen molar-refractivity contribution in [1.29, 1.82) is 0 Å². The van der Waals surface area contributed by atoms with Crippen molar-refractivity contribution in [2.45, 2.75) is 38.6 Å². The zero-order valence-electron chi connectivity index (χ0n) is 18.4. The van der Waals surface area contributed by atoms with Crippen LogP contribution in [0.1, 0.15) is 44.2 Å². The Balaban J connectivity index is 1.76. The van der Waals surface area contributed by atoms with Crippen LogP contribution in [0.4, 0.5) is 0 Å². The number of para-hydroxylation sites is 1. The molecule has 0 unspecified atom stereocenters. The van der Waals surface area contributed by atoms with E-state index < -0.39 is 7.29 Å². The molecule has 3 atom stereocenters. The van der Waals surface area contributed by atoms with Gasteiger partial charge in [-0.25, -0.2) is 0 Å². The number of rotatable bonds is 10. The Morgan fingerprint density at radius 2 is 1.52 bits per heavy atom. The third-order valence-corrected chi connectivity index (χ3v) is 9.06. The first kappa shape index (κ1) is 21.9. The van der Waals surface area contributed by atoms with Crippen LogP contribution in [-0.4, -0.2) is 7.11 Å². The van der Waals surface area contributed by atoms with Crippen LogP contribution in [0.5, 0.6) is 5.75 Å². The van der Waals surface area contributed by atoms with Crippen LogP contribution < -0.4 is 20.4 Å². The molecule has 3 nitrogen and oxygen atoms in total. The second-order valence-corrected chi connectivity index (χ2v) is 10.9. The van der Waals surface area contributed by atoms with E-state index in [0.717, 1.165) is 21.9 Å². The van der Waals surface area contributed by atoms with E-state index in [1.54, 1.807) is 7.11 Å². The lowest BCUT2D eigenvalue weighted by Gasteiger charge is -2.29. The summed E-state index contributed by atoms with van der Waals surface area (Å²) in [6, 6.07) is 27.8. The molecule has 4 heteroatoms. The molecule has 0 saturated heterocycles. The Morgan fingerprint density at radius 3 is 2.10 bits per heavy atom. The molecular formula is C27H32NO2P. The second kappa shape index (κ2) is 9.85. The molecule has 0 aliphatic heterocycles. The molecule has 1 N–H and O–H groups in total. The first-order valence-corrected chi connectivity index (χ1v) is 13.0. The summed E-state index contributed by atoms with van der Waals surface area (Å²) in [5.74, 6) is 1.99. The summed E-state index contributed by atoms with van der Waals surface area (Å²) < 4.78 is 20.4. The number of benzene rings is 3. The molecular weight excluding hydrogens is 401 g/mol. The standard InChI is InChI=1S/C27H32NO2P/c1-3-4-13-21-20-25(21)27(24-18-11-12-19-26(24)30-2)28-31(29,22-14-7-5-8-15-22)23-16-9-6-10-17-23/h5-12,14-19,21,25,27H,3-4,13,20H2,1-2H3,(H,28,29)/t21-,25-,27+/m1/s1. The monoisotopic (exact) mass is 433 g/mol. The van der Waals surface area contributed by atoms with Crippen LogP contribution >= 0.6 is 7.29 Å². The zero-order chi connectivity index (χ0) is 21.7. The third-order valence-electron chi connectivity index (χ3n) is 6.37. The Morgan fingerprint density at radius 1 is 0.935 bits per heavy atom. The van der Waals surface area contributed by atoms with E-state index in [4.69, 9.17) is 4.74 Å². The molecule has 3 aromatic rings. The second-order valence-electron chi connectivity index (χ2n) is 8.43. The molecule has 0 heterocycles. The molecule has 0 spiro atoms. The molecule has 31 heavy (non-hydrogen) atoms. The normalized spacial score (nSPS) is 19.0. The smallest absolute Gasteiger partial charge is 0.205 e. The highest BCUT2D eigenvalue weighted by Crippen LogP contribution is 2.55. The SMILES string of the molecule is CCCC[C@@H]1C[C@H]1[C@@H](NP(=O)(c1ccccc1)c1ccccc1)c1ccccc1OC. The Labute approximate surface area is 186 Å². The van der Waals surface area contributed by atoms with Crippen molar-refractivity contribution in [2.24, 2.45) is 11.8 Å². The minimum Gasteiger partial charge on any atom is -0.496 e. The van der Waals surface area contributed by atoms with E-state index in [1.165, 1.54) is 25.7 Å². The lowest BCUT2D eigenvalue weighted by Crippen LogP contribution is -2.32. The average Bonchev–Trinajstić information content (AvgIpc) is 3.61. The van der Waals surface area contributed by atoms with Gasteiger partial charge in [0, 0.05) is 22.2 Å². The van der Waals surface area contributed by atoms with Gasteiger partial charge in [-0.3, -0.25) is 9.65 Å². The van der Waals surface area contributed by atoms with Crippen molar-refractivity contribution >= 4 is 17.9 Å². The lowest BCUT2D eigenvalue weighted by molar-refractivity contribution is 0.396.